The van der Waals surface area contributed by atoms with Gasteiger partial charge >= 0.3 is 8.60 Å². The number of rotatable bonds is 0. The number of halogens is 1. The van der Waals surface area contributed by atoms with Crippen molar-refractivity contribution in [1.82, 2.24) is 4.98 Å². The van der Waals surface area contributed by atoms with E-state index in [1.807, 2.05) is 6.20 Å². The lowest BCUT2D eigenvalue weighted by Crippen LogP contribution is -2.11. The van der Waals surface area contributed by atoms with E-state index in [0.717, 1.165) is 4.47 Å². The molecule has 0 aliphatic heterocycles. The second-order valence-corrected chi connectivity index (χ2v) is 5.36. The normalized spacial score (nSPS) is 10.9. The van der Waals surface area contributed by atoms with Gasteiger partial charge in [0.25, 0.3) is 0 Å². The molecular formula is C9H15BrNO3P. The molecule has 0 unspecified atom stereocenters. The van der Waals surface area contributed by atoms with E-state index in [-0.39, 0.29) is 5.41 Å². The maximum Gasteiger partial charge on any atom is 0.324 e. The predicted octanol–water partition coefficient (Wildman–Crippen LogP) is 2.33. The average Bonchev–Trinajstić information content (AvgIpc) is 2.01. The third-order valence-electron chi connectivity index (χ3n) is 1.57. The molecule has 0 fully saturated rings. The van der Waals surface area contributed by atoms with Gasteiger partial charge in [-0.1, -0.05) is 20.8 Å². The third-order valence-corrected chi connectivity index (χ3v) is 2.00. The van der Waals surface area contributed by atoms with Crippen molar-refractivity contribution in [1.29, 1.82) is 0 Å². The van der Waals surface area contributed by atoms with Crippen molar-refractivity contribution in [3.05, 3.63) is 28.5 Å². The average molecular weight is 296 g/mol. The zero-order valence-electron chi connectivity index (χ0n) is 8.85. The minimum atomic E-state index is -2.62. The van der Waals surface area contributed by atoms with Gasteiger partial charge in [0.2, 0.25) is 0 Å². The Morgan fingerprint density at radius 1 is 1.20 bits per heavy atom. The lowest BCUT2D eigenvalue weighted by atomic mass is 9.88. The van der Waals surface area contributed by atoms with Crippen molar-refractivity contribution in [2.24, 2.45) is 0 Å². The zero-order valence-corrected chi connectivity index (χ0v) is 11.3. The number of nitrogens with zero attached hydrogens (tertiary/aromatic N) is 1. The molecule has 0 radical (unpaired) electrons. The van der Waals surface area contributed by atoms with Crippen LogP contribution >= 0.6 is 24.5 Å². The summed E-state index contributed by atoms with van der Waals surface area (Å²) in [5.74, 6) is 0. The van der Waals surface area contributed by atoms with E-state index < -0.39 is 8.60 Å². The zero-order chi connectivity index (χ0) is 12.1. The molecule has 0 amide bonds. The summed E-state index contributed by atoms with van der Waals surface area (Å²) < 4.78 is 1.05. The topological polar surface area (TPSA) is 73.6 Å². The Labute approximate surface area is 99.1 Å². The van der Waals surface area contributed by atoms with Crippen LogP contribution in [-0.4, -0.2) is 19.7 Å². The minimum absolute atomic E-state index is 0.191. The molecule has 0 bridgehead atoms. The summed E-state index contributed by atoms with van der Waals surface area (Å²) in [5, 5.41) is 0. The van der Waals surface area contributed by atoms with Crippen molar-refractivity contribution in [2.45, 2.75) is 26.2 Å². The maximum atomic E-state index is 7.23. The van der Waals surface area contributed by atoms with Crippen molar-refractivity contribution in [3.8, 4) is 0 Å². The molecule has 0 aliphatic carbocycles. The summed E-state index contributed by atoms with van der Waals surface area (Å²) in [5.41, 5.74) is 1.45. The van der Waals surface area contributed by atoms with Crippen molar-refractivity contribution < 1.29 is 14.7 Å². The molecule has 0 saturated heterocycles. The molecule has 0 aliphatic rings. The number of hydrogen-bond donors (Lipinski definition) is 3. The molecule has 0 spiro atoms. The second kappa shape index (κ2) is 6.51. The fourth-order valence-electron chi connectivity index (χ4n) is 0.822. The summed E-state index contributed by atoms with van der Waals surface area (Å²) in [7, 11) is -2.62. The summed E-state index contributed by atoms with van der Waals surface area (Å²) in [6, 6.07) is 2.10. The van der Waals surface area contributed by atoms with Crippen LogP contribution in [0.3, 0.4) is 0 Å². The van der Waals surface area contributed by atoms with Gasteiger partial charge in [0.15, 0.2) is 0 Å². The predicted molar refractivity (Wildman–Crippen MR) is 64.2 cm³/mol. The fraction of sp³-hybridized carbons (Fsp3) is 0.444. The number of hydrogen-bond acceptors (Lipinski definition) is 4. The van der Waals surface area contributed by atoms with Gasteiger partial charge in [-0.3, -0.25) is 4.98 Å². The molecule has 1 aromatic heterocycles. The molecule has 4 nitrogen and oxygen atoms in total. The van der Waals surface area contributed by atoms with Gasteiger partial charge < -0.3 is 14.7 Å². The van der Waals surface area contributed by atoms with Gasteiger partial charge in [0.05, 0.1) is 0 Å². The first-order valence-corrected chi connectivity index (χ1v) is 6.20. The van der Waals surface area contributed by atoms with Crippen LogP contribution < -0.4 is 0 Å². The van der Waals surface area contributed by atoms with E-state index >= 15 is 0 Å². The van der Waals surface area contributed by atoms with E-state index in [9.17, 15) is 0 Å². The lowest BCUT2D eigenvalue weighted by molar-refractivity contribution is 0.368. The van der Waals surface area contributed by atoms with Crippen LogP contribution in [0.4, 0.5) is 0 Å². The van der Waals surface area contributed by atoms with Crippen molar-refractivity contribution in [3.63, 3.8) is 0 Å². The first-order valence-electron chi connectivity index (χ1n) is 4.21. The lowest BCUT2D eigenvalue weighted by Gasteiger charge is -2.18. The fourth-order valence-corrected chi connectivity index (χ4v) is 1.19. The van der Waals surface area contributed by atoms with Crippen LogP contribution in [-0.2, 0) is 5.41 Å². The first kappa shape index (κ1) is 14.9. The first-order chi connectivity index (χ1) is 6.73. The number of pyridine rings is 1. The molecule has 1 rings (SSSR count). The Bertz CT molecular complexity index is 299. The monoisotopic (exact) mass is 295 g/mol. The summed E-state index contributed by atoms with van der Waals surface area (Å²) in [4.78, 5) is 25.8. The molecule has 0 aromatic carbocycles. The van der Waals surface area contributed by atoms with E-state index in [1.165, 1.54) is 5.56 Å². The maximum absolute atomic E-state index is 7.23. The van der Waals surface area contributed by atoms with E-state index in [0.29, 0.717) is 0 Å². The third kappa shape index (κ3) is 7.82. The van der Waals surface area contributed by atoms with Crippen LogP contribution in [0.5, 0.6) is 0 Å². The highest BCUT2D eigenvalue weighted by molar-refractivity contribution is 9.10. The molecule has 0 saturated carbocycles. The summed E-state index contributed by atoms with van der Waals surface area (Å²) in [6.07, 6.45) is 3.71. The van der Waals surface area contributed by atoms with E-state index in [4.69, 9.17) is 14.7 Å². The standard InChI is InChI=1S/C9H12BrN.H3O3P/c1-9(2,3)7-4-8(10)6-11-5-7;1-4(2)3/h4-6H,1-3H3;1-3H. The Morgan fingerprint density at radius 2 is 1.67 bits per heavy atom. The van der Waals surface area contributed by atoms with Crippen LogP contribution in [0, 0.1) is 0 Å². The molecule has 86 valence electrons. The summed E-state index contributed by atoms with van der Waals surface area (Å²) in [6.45, 7) is 6.53. The molecule has 3 N–H and O–H groups in total. The van der Waals surface area contributed by atoms with Gasteiger partial charge in [0.1, 0.15) is 0 Å². The van der Waals surface area contributed by atoms with Crippen LogP contribution in [0.25, 0.3) is 0 Å². The highest BCUT2D eigenvalue weighted by atomic mass is 79.9. The molecular weight excluding hydrogens is 281 g/mol. The summed E-state index contributed by atoms with van der Waals surface area (Å²) >= 11 is 3.39. The second-order valence-electron chi connectivity index (χ2n) is 3.91. The Hall–Kier alpha value is -0.0600. The van der Waals surface area contributed by atoms with Gasteiger partial charge in [-0.05, 0) is 33.0 Å². The van der Waals surface area contributed by atoms with Crippen molar-refractivity contribution >= 4 is 24.5 Å². The molecule has 1 heterocycles. The van der Waals surface area contributed by atoms with Crippen LogP contribution in [0.15, 0.2) is 22.9 Å². The van der Waals surface area contributed by atoms with Crippen molar-refractivity contribution in [2.75, 3.05) is 0 Å². The van der Waals surface area contributed by atoms with Crippen LogP contribution in [0.2, 0.25) is 0 Å². The van der Waals surface area contributed by atoms with E-state index in [1.54, 1.807) is 6.20 Å². The molecule has 0 atom stereocenters. The highest BCUT2D eigenvalue weighted by Gasteiger charge is 2.13. The molecule has 1 aromatic rings. The van der Waals surface area contributed by atoms with E-state index in [2.05, 4.69) is 47.8 Å². The van der Waals surface area contributed by atoms with Gasteiger partial charge in [0, 0.05) is 16.9 Å². The highest BCUT2D eigenvalue weighted by Crippen LogP contribution is 2.23. The van der Waals surface area contributed by atoms with Gasteiger partial charge in [-0.2, -0.15) is 0 Å². The molecule has 6 heteroatoms. The smallest absolute Gasteiger partial charge is 0.324 e. The largest absolute Gasteiger partial charge is 0.328 e. The molecule has 15 heavy (non-hydrogen) atoms. The van der Waals surface area contributed by atoms with Crippen LogP contribution in [0.1, 0.15) is 26.3 Å². The Kier molecular flexibility index (Phi) is 6.48. The Morgan fingerprint density at radius 3 is 1.93 bits per heavy atom. The van der Waals surface area contributed by atoms with Gasteiger partial charge in [-0.15, -0.1) is 0 Å². The minimum Gasteiger partial charge on any atom is -0.328 e. The Balaban J connectivity index is 0.000000423. The SMILES string of the molecule is CC(C)(C)c1cncc(Br)c1.OP(O)O. The number of aromatic nitrogens is 1. The van der Waals surface area contributed by atoms with Gasteiger partial charge in [-0.25, -0.2) is 0 Å². The quantitative estimate of drug-likeness (QED) is 0.642.